The number of amides is 1. The molecule has 1 aliphatic carbocycles. The van der Waals surface area contributed by atoms with Crippen molar-refractivity contribution in [3.05, 3.63) is 41.5 Å². The summed E-state index contributed by atoms with van der Waals surface area (Å²) in [5.74, 6) is 2.93. The van der Waals surface area contributed by atoms with Gasteiger partial charge in [0, 0.05) is 25.4 Å². The van der Waals surface area contributed by atoms with E-state index in [2.05, 4.69) is 10.1 Å². The third-order valence-electron chi connectivity index (χ3n) is 5.47. The summed E-state index contributed by atoms with van der Waals surface area (Å²) in [6, 6.07) is 6.95. The van der Waals surface area contributed by atoms with Gasteiger partial charge in [0.2, 0.25) is 5.89 Å². The molecule has 1 aliphatic heterocycles. The van der Waals surface area contributed by atoms with Gasteiger partial charge in [0.25, 0.3) is 5.91 Å². The number of aliphatic hydroxyl groups is 1. The Bertz CT molecular complexity index is 777. The molecular formula is C20H25N3O4. The molecule has 4 rings (SSSR count). The number of piperidine rings is 1. The Kier molecular flexibility index (Phi) is 5.11. The summed E-state index contributed by atoms with van der Waals surface area (Å²) in [6.07, 6.45) is 3.73. The van der Waals surface area contributed by atoms with Crippen molar-refractivity contribution >= 4 is 5.91 Å². The van der Waals surface area contributed by atoms with Gasteiger partial charge in [-0.05, 0) is 49.3 Å². The van der Waals surface area contributed by atoms with Crippen molar-refractivity contribution < 1.29 is 19.2 Å². The highest BCUT2D eigenvalue weighted by Crippen LogP contribution is 2.39. The topological polar surface area (TPSA) is 88.7 Å². The molecule has 1 saturated heterocycles. The van der Waals surface area contributed by atoms with Crippen LogP contribution in [0.5, 0.6) is 5.75 Å². The molecule has 1 atom stereocenters. The molecule has 1 aromatic heterocycles. The van der Waals surface area contributed by atoms with Crippen LogP contribution in [0.3, 0.4) is 0 Å². The second-order valence-corrected chi connectivity index (χ2v) is 7.47. The SMILES string of the molecule is COc1ccc([C@@H](O)C(=O)N2CCC(Cc3noc(C4CC4)n3)CC2)cc1. The minimum Gasteiger partial charge on any atom is -0.497 e. The molecule has 0 bridgehead atoms. The first-order valence-corrected chi connectivity index (χ1v) is 9.57. The molecule has 1 aromatic carbocycles. The monoisotopic (exact) mass is 371 g/mol. The molecule has 0 unspecified atom stereocenters. The molecule has 1 N–H and O–H groups in total. The standard InChI is InChI=1S/C20H25N3O4/c1-26-16-6-4-14(5-7-16)18(24)20(25)23-10-8-13(9-11-23)12-17-21-19(27-22-17)15-2-3-15/h4-7,13,15,18,24H,2-3,8-12H2,1H3/t18-/m1/s1. The van der Waals surface area contributed by atoms with E-state index in [0.29, 0.717) is 36.2 Å². The molecule has 7 heteroatoms. The molecule has 0 spiro atoms. The maximum Gasteiger partial charge on any atom is 0.256 e. The number of likely N-dealkylation sites (tertiary alicyclic amines) is 1. The van der Waals surface area contributed by atoms with E-state index in [9.17, 15) is 9.90 Å². The molecule has 1 amide bonds. The molecular weight excluding hydrogens is 346 g/mol. The lowest BCUT2D eigenvalue weighted by Gasteiger charge is -2.33. The van der Waals surface area contributed by atoms with Crippen LogP contribution in [-0.4, -0.2) is 46.3 Å². The summed E-state index contributed by atoms with van der Waals surface area (Å²) in [7, 11) is 1.59. The maximum atomic E-state index is 12.6. The highest BCUT2D eigenvalue weighted by molar-refractivity contribution is 5.82. The third kappa shape index (κ3) is 4.13. The van der Waals surface area contributed by atoms with E-state index in [1.165, 1.54) is 0 Å². The van der Waals surface area contributed by atoms with E-state index < -0.39 is 6.10 Å². The summed E-state index contributed by atoms with van der Waals surface area (Å²) < 4.78 is 10.4. The number of carbonyl (C=O) groups is 1. The van der Waals surface area contributed by atoms with Gasteiger partial charge in [0.1, 0.15) is 5.75 Å². The number of carbonyl (C=O) groups excluding carboxylic acids is 1. The maximum absolute atomic E-state index is 12.6. The Balaban J connectivity index is 1.28. The lowest BCUT2D eigenvalue weighted by Crippen LogP contribution is -2.41. The fourth-order valence-electron chi connectivity index (χ4n) is 3.56. The lowest BCUT2D eigenvalue weighted by atomic mass is 9.92. The number of rotatable bonds is 6. The average molecular weight is 371 g/mol. The van der Waals surface area contributed by atoms with Crippen LogP contribution in [0.2, 0.25) is 0 Å². The van der Waals surface area contributed by atoms with Crippen LogP contribution in [0.15, 0.2) is 28.8 Å². The van der Waals surface area contributed by atoms with Gasteiger partial charge in [-0.2, -0.15) is 4.98 Å². The van der Waals surface area contributed by atoms with E-state index in [1.807, 2.05) is 0 Å². The van der Waals surface area contributed by atoms with Crippen LogP contribution in [0.1, 0.15) is 55.0 Å². The van der Waals surface area contributed by atoms with Crippen LogP contribution in [0.4, 0.5) is 0 Å². The van der Waals surface area contributed by atoms with Crippen molar-refractivity contribution in [3.63, 3.8) is 0 Å². The van der Waals surface area contributed by atoms with Gasteiger partial charge in [0.15, 0.2) is 11.9 Å². The summed E-state index contributed by atoms with van der Waals surface area (Å²) in [4.78, 5) is 18.8. The highest BCUT2D eigenvalue weighted by Gasteiger charge is 2.31. The quantitative estimate of drug-likeness (QED) is 0.839. The first-order chi connectivity index (χ1) is 13.1. The van der Waals surface area contributed by atoms with Gasteiger partial charge in [-0.1, -0.05) is 17.3 Å². The molecule has 2 aliphatic rings. The number of aromatic nitrogens is 2. The smallest absolute Gasteiger partial charge is 0.256 e. The fourth-order valence-corrected chi connectivity index (χ4v) is 3.56. The van der Waals surface area contributed by atoms with Crippen molar-refractivity contribution in [2.24, 2.45) is 5.92 Å². The number of ether oxygens (including phenoxy) is 1. The number of methoxy groups -OCH3 is 1. The molecule has 7 nitrogen and oxygen atoms in total. The van der Waals surface area contributed by atoms with Crippen LogP contribution in [-0.2, 0) is 11.2 Å². The Morgan fingerprint density at radius 3 is 2.59 bits per heavy atom. The zero-order chi connectivity index (χ0) is 18.8. The highest BCUT2D eigenvalue weighted by atomic mass is 16.5. The molecule has 0 radical (unpaired) electrons. The number of hydrogen-bond donors (Lipinski definition) is 1. The largest absolute Gasteiger partial charge is 0.497 e. The van der Waals surface area contributed by atoms with Crippen molar-refractivity contribution in [2.45, 2.75) is 44.1 Å². The minimum atomic E-state index is -1.13. The Morgan fingerprint density at radius 2 is 1.96 bits per heavy atom. The first kappa shape index (κ1) is 18.0. The average Bonchev–Trinajstić information content (AvgIpc) is 3.47. The third-order valence-corrected chi connectivity index (χ3v) is 5.47. The van der Waals surface area contributed by atoms with E-state index in [-0.39, 0.29) is 5.91 Å². The molecule has 27 heavy (non-hydrogen) atoms. The van der Waals surface area contributed by atoms with Crippen molar-refractivity contribution in [2.75, 3.05) is 20.2 Å². The van der Waals surface area contributed by atoms with Gasteiger partial charge in [-0.15, -0.1) is 0 Å². The lowest BCUT2D eigenvalue weighted by molar-refractivity contribution is -0.142. The number of benzene rings is 1. The predicted octanol–water partition coefficient (Wildman–Crippen LogP) is 2.47. The Morgan fingerprint density at radius 1 is 1.26 bits per heavy atom. The van der Waals surface area contributed by atoms with Gasteiger partial charge in [0.05, 0.1) is 7.11 Å². The second-order valence-electron chi connectivity index (χ2n) is 7.47. The first-order valence-electron chi connectivity index (χ1n) is 9.57. The van der Waals surface area contributed by atoms with Crippen LogP contribution < -0.4 is 4.74 Å². The van der Waals surface area contributed by atoms with Crippen LogP contribution in [0, 0.1) is 5.92 Å². The molecule has 2 fully saturated rings. The van der Waals surface area contributed by atoms with Crippen molar-refractivity contribution in [1.82, 2.24) is 15.0 Å². The second kappa shape index (κ2) is 7.68. The van der Waals surface area contributed by atoms with E-state index in [4.69, 9.17) is 9.26 Å². The number of nitrogens with zero attached hydrogens (tertiary/aromatic N) is 3. The zero-order valence-corrected chi connectivity index (χ0v) is 15.5. The normalized spacial score (nSPS) is 19.1. The molecule has 2 heterocycles. The molecule has 1 saturated carbocycles. The Hall–Kier alpha value is -2.41. The van der Waals surface area contributed by atoms with Gasteiger partial charge in [-0.3, -0.25) is 4.79 Å². The number of hydrogen-bond acceptors (Lipinski definition) is 6. The zero-order valence-electron chi connectivity index (χ0n) is 15.5. The number of aliphatic hydroxyl groups excluding tert-OH is 1. The summed E-state index contributed by atoms with van der Waals surface area (Å²) >= 11 is 0. The van der Waals surface area contributed by atoms with E-state index in [0.717, 1.165) is 43.8 Å². The van der Waals surface area contributed by atoms with E-state index >= 15 is 0 Å². The van der Waals surface area contributed by atoms with Crippen LogP contribution >= 0.6 is 0 Å². The summed E-state index contributed by atoms with van der Waals surface area (Å²) in [6.45, 7) is 1.29. The van der Waals surface area contributed by atoms with Crippen molar-refractivity contribution in [1.29, 1.82) is 0 Å². The van der Waals surface area contributed by atoms with E-state index in [1.54, 1.807) is 36.3 Å². The summed E-state index contributed by atoms with van der Waals surface area (Å²) in [5.41, 5.74) is 0.585. The fraction of sp³-hybridized carbons (Fsp3) is 0.550. The van der Waals surface area contributed by atoms with Crippen molar-refractivity contribution in [3.8, 4) is 5.75 Å². The summed E-state index contributed by atoms with van der Waals surface area (Å²) in [5, 5.41) is 14.5. The van der Waals surface area contributed by atoms with Gasteiger partial charge < -0.3 is 19.3 Å². The predicted molar refractivity (Wildman–Crippen MR) is 97.2 cm³/mol. The van der Waals surface area contributed by atoms with Crippen LogP contribution in [0.25, 0.3) is 0 Å². The van der Waals surface area contributed by atoms with Gasteiger partial charge >= 0.3 is 0 Å². The molecule has 2 aromatic rings. The Labute approximate surface area is 158 Å². The van der Waals surface area contributed by atoms with Gasteiger partial charge in [-0.25, -0.2) is 0 Å². The molecule has 144 valence electrons. The minimum absolute atomic E-state index is 0.241.